The summed E-state index contributed by atoms with van der Waals surface area (Å²) < 4.78 is 12.7. The SMILES string of the molecule is CC(=O)n1cc(/C=C2\N=C(c3ccco3)OC2=O)c2cc(Br)ccc21. The Hall–Kier alpha value is -2.93. The molecule has 0 radical (unpaired) electrons. The predicted molar refractivity (Wildman–Crippen MR) is 95.3 cm³/mol. The van der Waals surface area contributed by atoms with Crippen LogP contribution in [0.15, 0.2) is 62.4 Å². The molecule has 1 aliphatic rings. The minimum Gasteiger partial charge on any atom is -0.459 e. The summed E-state index contributed by atoms with van der Waals surface area (Å²) in [6.45, 7) is 1.48. The lowest BCUT2D eigenvalue weighted by Gasteiger charge is -1.98. The number of nitrogens with zero attached hydrogens (tertiary/aromatic N) is 2. The number of hydrogen-bond donors (Lipinski definition) is 0. The Morgan fingerprint density at radius 2 is 2.16 bits per heavy atom. The highest BCUT2D eigenvalue weighted by Gasteiger charge is 2.26. The van der Waals surface area contributed by atoms with Crippen molar-refractivity contribution in [3.8, 4) is 0 Å². The summed E-state index contributed by atoms with van der Waals surface area (Å²) in [5, 5.41) is 0.825. The summed E-state index contributed by atoms with van der Waals surface area (Å²) in [6, 6.07) is 8.93. The van der Waals surface area contributed by atoms with Crippen molar-refractivity contribution in [2.75, 3.05) is 0 Å². The number of benzene rings is 1. The highest BCUT2D eigenvalue weighted by molar-refractivity contribution is 9.10. The van der Waals surface area contributed by atoms with Gasteiger partial charge in [-0.15, -0.1) is 0 Å². The molecule has 0 amide bonds. The average molecular weight is 399 g/mol. The first-order chi connectivity index (χ1) is 12.0. The number of carbonyl (C=O) groups excluding carboxylic acids is 2. The molecule has 25 heavy (non-hydrogen) atoms. The number of fused-ring (bicyclic) bond motifs is 1. The number of hydrogen-bond acceptors (Lipinski definition) is 5. The molecule has 6 nitrogen and oxygen atoms in total. The lowest BCUT2D eigenvalue weighted by molar-refractivity contribution is -0.130. The van der Waals surface area contributed by atoms with Crippen LogP contribution in [-0.2, 0) is 9.53 Å². The van der Waals surface area contributed by atoms with Gasteiger partial charge in [0.05, 0.1) is 11.8 Å². The number of ether oxygens (including phenoxy) is 1. The number of rotatable bonds is 2. The summed E-state index contributed by atoms with van der Waals surface area (Å²) in [5.41, 5.74) is 1.60. The molecule has 0 N–H and O–H groups in total. The number of carbonyl (C=O) groups is 2. The predicted octanol–water partition coefficient (Wildman–Crippen LogP) is 4.00. The molecule has 0 aliphatic carbocycles. The van der Waals surface area contributed by atoms with Gasteiger partial charge in [0.15, 0.2) is 11.5 Å². The molecular weight excluding hydrogens is 388 g/mol. The Morgan fingerprint density at radius 3 is 2.88 bits per heavy atom. The van der Waals surface area contributed by atoms with Crippen molar-refractivity contribution in [2.24, 2.45) is 4.99 Å². The Bertz CT molecular complexity index is 1070. The molecule has 3 aromatic rings. The number of furan rings is 1. The summed E-state index contributed by atoms with van der Waals surface area (Å²) in [5.74, 6) is -0.181. The molecular formula is C18H11BrN2O4. The van der Waals surface area contributed by atoms with Gasteiger partial charge in [-0.25, -0.2) is 9.79 Å². The van der Waals surface area contributed by atoms with Crippen LogP contribution < -0.4 is 0 Å². The second kappa shape index (κ2) is 5.86. The molecule has 0 saturated heterocycles. The lowest BCUT2D eigenvalue weighted by Crippen LogP contribution is -2.04. The molecule has 0 saturated carbocycles. The van der Waals surface area contributed by atoms with Crippen molar-refractivity contribution in [1.82, 2.24) is 4.57 Å². The third kappa shape index (κ3) is 2.72. The third-order valence-electron chi connectivity index (χ3n) is 3.78. The first kappa shape index (κ1) is 15.6. The van der Waals surface area contributed by atoms with Crippen LogP contribution in [0.2, 0.25) is 0 Å². The van der Waals surface area contributed by atoms with E-state index in [0.717, 1.165) is 15.4 Å². The van der Waals surface area contributed by atoms with Crippen LogP contribution in [0, 0.1) is 0 Å². The lowest BCUT2D eigenvalue weighted by atomic mass is 10.1. The van der Waals surface area contributed by atoms with E-state index >= 15 is 0 Å². The maximum Gasteiger partial charge on any atom is 0.363 e. The van der Waals surface area contributed by atoms with E-state index in [1.807, 2.05) is 18.2 Å². The molecule has 3 heterocycles. The fraction of sp³-hybridized carbons (Fsp3) is 0.0556. The Balaban J connectivity index is 1.85. The molecule has 0 fully saturated rings. The molecule has 0 atom stereocenters. The van der Waals surface area contributed by atoms with E-state index in [1.165, 1.54) is 17.8 Å². The standard InChI is InChI=1S/C18H11BrN2O4/c1-10(22)21-9-11(13-8-12(19)4-5-15(13)21)7-14-18(23)25-17(20-14)16-3-2-6-24-16/h2-9H,1H3/b14-7-. The van der Waals surface area contributed by atoms with Crippen LogP contribution in [0.25, 0.3) is 17.0 Å². The third-order valence-corrected chi connectivity index (χ3v) is 4.27. The number of cyclic esters (lactones) is 1. The van der Waals surface area contributed by atoms with Gasteiger partial charge in [-0.05, 0) is 36.4 Å². The molecule has 4 rings (SSSR count). The van der Waals surface area contributed by atoms with Crippen LogP contribution in [0.5, 0.6) is 0 Å². The van der Waals surface area contributed by atoms with Crippen molar-refractivity contribution < 1.29 is 18.7 Å². The Morgan fingerprint density at radius 1 is 1.32 bits per heavy atom. The first-order valence-corrected chi connectivity index (χ1v) is 8.20. The molecule has 7 heteroatoms. The number of esters is 1. The van der Waals surface area contributed by atoms with Gasteiger partial charge in [0.1, 0.15) is 0 Å². The van der Waals surface area contributed by atoms with Gasteiger partial charge in [0.25, 0.3) is 5.90 Å². The second-order valence-electron chi connectivity index (χ2n) is 5.45. The maximum absolute atomic E-state index is 12.1. The van der Waals surface area contributed by atoms with Crippen molar-refractivity contribution >= 4 is 50.7 Å². The normalized spacial score (nSPS) is 15.7. The minimum absolute atomic E-state index is 0.120. The van der Waals surface area contributed by atoms with Crippen molar-refractivity contribution in [1.29, 1.82) is 0 Å². The van der Waals surface area contributed by atoms with Gasteiger partial charge < -0.3 is 9.15 Å². The zero-order chi connectivity index (χ0) is 17.6. The Labute approximate surface area is 150 Å². The largest absolute Gasteiger partial charge is 0.459 e. The minimum atomic E-state index is -0.565. The van der Waals surface area contributed by atoms with Crippen molar-refractivity contribution in [2.45, 2.75) is 6.92 Å². The molecule has 0 spiro atoms. The quantitative estimate of drug-likeness (QED) is 0.482. The molecule has 1 aliphatic heterocycles. The zero-order valence-electron chi connectivity index (χ0n) is 13.0. The molecule has 1 aromatic carbocycles. The van der Waals surface area contributed by atoms with Gasteiger partial charge >= 0.3 is 5.97 Å². The average Bonchev–Trinajstić information content (AvgIpc) is 3.28. The van der Waals surface area contributed by atoms with Crippen LogP contribution in [0.1, 0.15) is 23.0 Å². The first-order valence-electron chi connectivity index (χ1n) is 7.41. The summed E-state index contributed by atoms with van der Waals surface area (Å²) >= 11 is 3.43. The molecule has 2 aromatic heterocycles. The van der Waals surface area contributed by atoms with E-state index in [-0.39, 0.29) is 17.5 Å². The van der Waals surface area contributed by atoms with Crippen LogP contribution in [0.3, 0.4) is 0 Å². The highest BCUT2D eigenvalue weighted by atomic mass is 79.9. The number of aliphatic imine (C=N–C) groups is 1. The van der Waals surface area contributed by atoms with E-state index in [9.17, 15) is 9.59 Å². The van der Waals surface area contributed by atoms with Gasteiger partial charge in [0, 0.05) is 28.5 Å². The van der Waals surface area contributed by atoms with Crippen molar-refractivity contribution in [3.05, 3.63) is 64.3 Å². The second-order valence-corrected chi connectivity index (χ2v) is 6.36. The van der Waals surface area contributed by atoms with Crippen LogP contribution in [-0.4, -0.2) is 22.3 Å². The summed E-state index contributed by atoms with van der Waals surface area (Å²) in [4.78, 5) is 28.2. The molecule has 0 unspecified atom stereocenters. The smallest absolute Gasteiger partial charge is 0.363 e. The fourth-order valence-corrected chi connectivity index (χ4v) is 3.03. The highest BCUT2D eigenvalue weighted by Crippen LogP contribution is 2.28. The van der Waals surface area contributed by atoms with E-state index < -0.39 is 5.97 Å². The van der Waals surface area contributed by atoms with Crippen LogP contribution >= 0.6 is 15.9 Å². The molecule has 124 valence electrons. The van der Waals surface area contributed by atoms with E-state index in [0.29, 0.717) is 11.3 Å². The number of aromatic nitrogens is 1. The Kier molecular flexibility index (Phi) is 3.65. The molecule has 0 bridgehead atoms. The van der Waals surface area contributed by atoms with Gasteiger partial charge in [0.2, 0.25) is 5.91 Å². The topological polar surface area (TPSA) is 73.8 Å². The van der Waals surface area contributed by atoms with Gasteiger partial charge in [-0.3, -0.25) is 9.36 Å². The van der Waals surface area contributed by atoms with Crippen LogP contribution in [0.4, 0.5) is 0 Å². The number of halogens is 1. The van der Waals surface area contributed by atoms with Gasteiger partial charge in [-0.2, -0.15) is 0 Å². The zero-order valence-corrected chi connectivity index (χ0v) is 14.6. The maximum atomic E-state index is 12.1. The van der Waals surface area contributed by atoms with Crippen molar-refractivity contribution in [3.63, 3.8) is 0 Å². The summed E-state index contributed by atoms with van der Waals surface area (Å²) in [7, 11) is 0. The summed E-state index contributed by atoms with van der Waals surface area (Å²) in [6.07, 6.45) is 4.76. The van der Waals surface area contributed by atoms with Gasteiger partial charge in [-0.1, -0.05) is 15.9 Å². The van der Waals surface area contributed by atoms with E-state index in [2.05, 4.69) is 20.9 Å². The van der Waals surface area contributed by atoms with E-state index in [4.69, 9.17) is 9.15 Å². The fourth-order valence-electron chi connectivity index (χ4n) is 2.67. The monoisotopic (exact) mass is 398 g/mol. The van der Waals surface area contributed by atoms with E-state index in [1.54, 1.807) is 24.4 Å².